The Morgan fingerprint density at radius 1 is 1.14 bits per heavy atom. The third-order valence-corrected chi connectivity index (χ3v) is 3.90. The first-order valence-corrected chi connectivity index (χ1v) is 8.32. The van der Waals surface area contributed by atoms with Crippen LogP contribution in [0.1, 0.15) is 17.3 Å². The van der Waals surface area contributed by atoms with E-state index in [1.165, 1.54) is 27.2 Å². The second kappa shape index (κ2) is 9.05. The summed E-state index contributed by atoms with van der Waals surface area (Å²) < 4.78 is 15.1. The van der Waals surface area contributed by atoms with Crippen molar-refractivity contribution >= 4 is 34.9 Å². The van der Waals surface area contributed by atoms with E-state index in [0.717, 1.165) is 12.1 Å². The van der Waals surface area contributed by atoms with Gasteiger partial charge >= 0.3 is 5.97 Å². The van der Waals surface area contributed by atoms with Gasteiger partial charge in [0.1, 0.15) is 5.56 Å². The summed E-state index contributed by atoms with van der Waals surface area (Å²) in [6, 6.07) is 8.58. The number of nitrogens with zero attached hydrogens (tertiary/aromatic N) is 1. The number of rotatable bonds is 7. The number of anilines is 1. The van der Waals surface area contributed by atoms with Crippen LogP contribution in [0.3, 0.4) is 0 Å². The summed E-state index contributed by atoms with van der Waals surface area (Å²) in [4.78, 5) is 35.2. The summed E-state index contributed by atoms with van der Waals surface area (Å²) in [6.45, 7) is 1.34. The van der Waals surface area contributed by atoms with Gasteiger partial charge in [0, 0.05) is 16.8 Å². The van der Waals surface area contributed by atoms with E-state index in [2.05, 4.69) is 5.32 Å². The summed E-state index contributed by atoms with van der Waals surface area (Å²) in [5.74, 6) is -1.49. The molecular formula is C18H17ClN2O7. The van der Waals surface area contributed by atoms with E-state index >= 15 is 0 Å². The lowest BCUT2D eigenvalue weighted by atomic mass is 10.1. The molecule has 0 aromatic heterocycles. The highest BCUT2D eigenvalue weighted by molar-refractivity contribution is 6.30. The standard InChI is InChI=1S/C18H17ClN2O7/c1-10(17(22)20-12-6-4-5-11(19)7-12)28-18(23)13-8-15(26-2)16(27-3)9-14(13)21(24)25/h4-10H,1-3H3,(H,20,22)/t10-/m0/s1. The SMILES string of the molecule is COc1cc(C(=O)O[C@@H](C)C(=O)Nc2cccc(Cl)c2)c([N+](=O)[O-])cc1OC. The number of amides is 1. The van der Waals surface area contributed by atoms with E-state index in [9.17, 15) is 19.7 Å². The number of nitro benzene ring substituents is 1. The Kier molecular flexibility index (Phi) is 6.78. The van der Waals surface area contributed by atoms with Gasteiger partial charge in [-0.25, -0.2) is 4.79 Å². The van der Waals surface area contributed by atoms with Gasteiger partial charge in [-0.2, -0.15) is 0 Å². The molecule has 0 unspecified atom stereocenters. The molecule has 0 radical (unpaired) electrons. The summed E-state index contributed by atoms with van der Waals surface area (Å²) in [7, 11) is 2.63. The van der Waals surface area contributed by atoms with Gasteiger partial charge in [-0.3, -0.25) is 14.9 Å². The Labute approximate surface area is 165 Å². The van der Waals surface area contributed by atoms with Crippen molar-refractivity contribution in [2.75, 3.05) is 19.5 Å². The summed E-state index contributed by atoms with van der Waals surface area (Å²) in [6.07, 6.45) is -1.22. The molecule has 2 aromatic rings. The fourth-order valence-corrected chi connectivity index (χ4v) is 2.46. The molecule has 148 valence electrons. The highest BCUT2D eigenvalue weighted by atomic mass is 35.5. The monoisotopic (exact) mass is 408 g/mol. The van der Waals surface area contributed by atoms with E-state index in [-0.39, 0.29) is 17.1 Å². The molecule has 0 bridgehead atoms. The Hall–Kier alpha value is -3.33. The number of nitrogens with one attached hydrogen (secondary N) is 1. The number of esters is 1. The van der Waals surface area contributed by atoms with Crippen LogP contribution in [-0.4, -0.2) is 37.1 Å². The predicted molar refractivity (Wildman–Crippen MR) is 101 cm³/mol. The smallest absolute Gasteiger partial charge is 0.346 e. The van der Waals surface area contributed by atoms with E-state index in [0.29, 0.717) is 10.7 Å². The third-order valence-electron chi connectivity index (χ3n) is 3.66. The lowest BCUT2D eigenvalue weighted by molar-refractivity contribution is -0.385. The first kappa shape index (κ1) is 21.0. The van der Waals surface area contributed by atoms with Crippen LogP contribution in [0.25, 0.3) is 0 Å². The number of halogens is 1. The molecule has 1 amide bonds. The van der Waals surface area contributed by atoms with E-state index in [4.69, 9.17) is 25.8 Å². The Balaban J connectivity index is 2.21. The molecule has 0 heterocycles. The van der Waals surface area contributed by atoms with Crippen molar-refractivity contribution in [2.45, 2.75) is 13.0 Å². The van der Waals surface area contributed by atoms with Gasteiger partial charge in [0.05, 0.1) is 25.2 Å². The number of benzene rings is 2. The normalized spacial score (nSPS) is 11.3. The summed E-state index contributed by atoms with van der Waals surface area (Å²) in [5.41, 5.74) is -0.493. The van der Waals surface area contributed by atoms with Crippen molar-refractivity contribution in [1.29, 1.82) is 0 Å². The van der Waals surface area contributed by atoms with Crippen LogP contribution in [0.4, 0.5) is 11.4 Å². The number of carbonyl (C=O) groups is 2. The van der Waals surface area contributed by atoms with Crippen molar-refractivity contribution in [3.63, 3.8) is 0 Å². The zero-order valence-electron chi connectivity index (χ0n) is 15.2. The van der Waals surface area contributed by atoms with Crippen molar-refractivity contribution in [2.24, 2.45) is 0 Å². The summed E-state index contributed by atoms with van der Waals surface area (Å²) >= 11 is 5.85. The van der Waals surface area contributed by atoms with Crippen molar-refractivity contribution in [3.8, 4) is 11.5 Å². The molecule has 28 heavy (non-hydrogen) atoms. The second-order valence-electron chi connectivity index (χ2n) is 5.53. The number of hydrogen-bond acceptors (Lipinski definition) is 7. The largest absolute Gasteiger partial charge is 0.493 e. The molecule has 0 saturated heterocycles. The van der Waals surface area contributed by atoms with Crippen LogP contribution in [0, 0.1) is 10.1 Å². The van der Waals surface area contributed by atoms with E-state index in [1.54, 1.807) is 18.2 Å². The average molecular weight is 409 g/mol. The fourth-order valence-electron chi connectivity index (χ4n) is 2.27. The lowest BCUT2D eigenvalue weighted by Crippen LogP contribution is -2.30. The molecule has 9 nitrogen and oxygen atoms in total. The van der Waals surface area contributed by atoms with Crippen LogP contribution < -0.4 is 14.8 Å². The van der Waals surface area contributed by atoms with Gasteiger partial charge in [0.2, 0.25) is 0 Å². The number of ether oxygens (including phenoxy) is 3. The van der Waals surface area contributed by atoms with Gasteiger partial charge in [-0.15, -0.1) is 0 Å². The fraction of sp³-hybridized carbons (Fsp3) is 0.222. The van der Waals surface area contributed by atoms with Crippen LogP contribution in [-0.2, 0) is 9.53 Å². The molecule has 0 aliphatic carbocycles. The third kappa shape index (κ3) is 4.89. The number of hydrogen-bond donors (Lipinski definition) is 1. The number of methoxy groups -OCH3 is 2. The molecule has 0 aliphatic rings. The summed E-state index contributed by atoms with van der Waals surface area (Å²) in [5, 5.41) is 14.3. The molecule has 1 atom stereocenters. The first-order chi connectivity index (χ1) is 13.3. The molecule has 0 aliphatic heterocycles. The van der Waals surface area contributed by atoms with Gasteiger partial charge in [-0.05, 0) is 25.1 Å². The molecule has 1 N–H and O–H groups in total. The maximum atomic E-state index is 12.4. The molecule has 0 spiro atoms. The molecule has 10 heteroatoms. The number of nitro groups is 1. The molecule has 2 aromatic carbocycles. The minimum atomic E-state index is -1.22. The number of carbonyl (C=O) groups excluding carboxylic acids is 2. The van der Waals surface area contributed by atoms with Crippen LogP contribution in [0.2, 0.25) is 5.02 Å². The highest BCUT2D eigenvalue weighted by Gasteiger charge is 2.28. The van der Waals surface area contributed by atoms with Gasteiger partial charge in [-0.1, -0.05) is 17.7 Å². The van der Waals surface area contributed by atoms with Crippen molar-refractivity contribution < 1.29 is 28.7 Å². The van der Waals surface area contributed by atoms with Crippen molar-refractivity contribution in [3.05, 3.63) is 57.1 Å². The van der Waals surface area contributed by atoms with Crippen LogP contribution in [0.15, 0.2) is 36.4 Å². The minimum Gasteiger partial charge on any atom is -0.493 e. The predicted octanol–water partition coefficient (Wildman–Crippen LogP) is 3.45. The zero-order chi connectivity index (χ0) is 20.8. The van der Waals surface area contributed by atoms with Crippen LogP contribution in [0.5, 0.6) is 11.5 Å². The van der Waals surface area contributed by atoms with Gasteiger partial charge in [0.15, 0.2) is 17.6 Å². The maximum absolute atomic E-state index is 12.4. The second-order valence-corrected chi connectivity index (χ2v) is 5.97. The highest BCUT2D eigenvalue weighted by Crippen LogP contribution is 2.35. The first-order valence-electron chi connectivity index (χ1n) is 7.94. The van der Waals surface area contributed by atoms with Gasteiger partial charge in [0.25, 0.3) is 11.6 Å². The lowest BCUT2D eigenvalue weighted by Gasteiger charge is -2.15. The molecular weight excluding hydrogens is 392 g/mol. The minimum absolute atomic E-state index is 0.0810. The van der Waals surface area contributed by atoms with Crippen LogP contribution >= 0.6 is 11.6 Å². The topological polar surface area (TPSA) is 117 Å². The van der Waals surface area contributed by atoms with Crippen molar-refractivity contribution in [1.82, 2.24) is 0 Å². The quantitative estimate of drug-likeness (QED) is 0.423. The molecule has 0 fully saturated rings. The zero-order valence-corrected chi connectivity index (χ0v) is 16.0. The average Bonchev–Trinajstić information content (AvgIpc) is 2.66. The van der Waals surface area contributed by atoms with E-state index < -0.39 is 28.6 Å². The van der Waals surface area contributed by atoms with Gasteiger partial charge < -0.3 is 19.5 Å². The Morgan fingerprint density at radius 3 is 2.36 bits per heavy atom. The Morgan fingerprint density at radius 2 is 1.79 bits per heavy atom. The Bertz CT molecular complexity index is 917. The molecule has 2 rings (SSSR count). The molecule has 0 saturated carbocycles. The maximum Gasteiger partial charge on any atom is 0.346 e. The van der Waals surface area contributed by atoms with E-state index in [1.807, 2.05) is 0 Å².